The topological polar surface area (TPSA) is 68.1 Å². The Hall–Kier alpha value is -2.00. The molecule has 0 atom stereocenters. The van der Waals surface area contributed by atoms with Crippen LogP contribution in [0.15, 0.2) is 17.1 Å². The van der Waals surface area contributed by atoms with Gasteiger partial charge in [0.2, 0.25) is 6.08 Å². The number of rotatable bonds is 2. The number of nitrogens with zero attached hydrogens (tertiary/aromatic N) is 1. The zero-order valence-corrected chi connectivity index (χ0v) is 9.81. The van der Waals surface area contributed by atoms with Gasteiger partial charge in [-0.15, -0.1) is 0 Å². The number of benzene rings is 1. The Labute approximate surface area is 104 Å². The van der Waals surface area contributed by atoms with Crippen molar-refractivity contribution in [2.24, 2.45) is 4.99 Å². The molecule has 5 heteroatoms. The highest BCUT2D eigenvalue weighted by atomic mass is 16.6. The predicted octanol–water partition coefficient (Wildman–Crippen LogP) is 1.88. The third-order valence-corrected chi connectivity index (χ3v) is 3.59. The molecule has 1 aromatic carbocycles. The molecule has 1 N–H and O–H groups in total. The maximum Gasteiger partial charge on any atom is 0.235 e. The fourth-order valence-electron chi connectivity index (χ4n) is 2.57. The van der Waals surface area contributed by atoms with E-state index in [-0.39, 0.29) is 5.75 Å². The van der Waals surface area contributed by atoms with Gasteiger partial charge < -0.3 is 14.6 Å². The van der Waals surface area contributed by atoms with E-state index < -0.39 is 5.54 Å². The van der Waals surface area contributed by atoms with Crippen LogP contribution in [-0.2, 0) is 10.3 Å². The predicted molar refractivity (Wildman–Crippen MR) is 62.7 cm³/mol. The van der Waals surface area contributed by atoms with Gasteiger partial charge >= 0.3 is 0 Å². The summed E-state index contributed by atoms with van der Waals surface area (Å²) in [6, 6.07) is 3.23. The first kappa shape index (κ1) is 11.1. The molecule has 0 radical (unpaired) electrons. The van der Waals surface area contributed by atoms with Crippen LogP contribution in [-0.4, -0.2) is 24.4 Å². The molecule has 0 aromatic heterocycles. The van der Waals surface area contributed by atoms with Crippen molar-refractivity contribution in [2.45, 2.75) is 24.8 Å². The molecule has 0 unspecified atom stereocenters. The SMILES string of the molecule is O=C=NC1(c2c(O)ccc3c2OCCO3)CCC1. The fourth-order valence-corrected chi connectivity index (χ4v) is 2.57. The van der Waals surface area contributed by atoms with Crippen molar-refractivity contribution < 1.29 is 19.4 Å². The first-order chi connectivity index (χ1) is 8.77. The second-order valence-corrected chi connectivity index (χ2v) is 4.57. The zero-order valence-electron chi connectivity index (χ0n) is 9.81. The van der Waals surface area contributed by atoms with E-state index in [1.165, 1.54) is 0 Å². The fraction of sp³-hybridized carbons (Fsp3) is 0.462. The number of ether oxygens (including phenoxy) is 2. The maximum absolute atomic E-state index is 10.6. The Kier molecular flexibility index (Phi) is 2.49. The lowest BCUT2D eigenvalue weighted by atomic mass is 9.71. The van der Waals surface area contributed by atoms with Gasteiger partial charge in [-0.2, -0.15) is 4.99 Å². The van der Waals surface area contributed by atoms with Crippen molar-refractivity contribution in [1.82, 2.24) is 0 Å². The molecular weight excluding hydrogens is 234 g/mol. The van der Waals surface area contributed by atoms with Crippen molar-refractivity contribution in [2.75, 3.05) is 13.2 Å². The van der Waals surface area contributed by atoms with E-state index in [2.05, 4.69) is 4.99 Å². The highest BCUT2D eigenvalue weighted by molar-refractivity contribution is 5.59. The standard InChI is InChI=1S/C13H13NO4/c15-8-14-13(4-1-5-13)11-9(16)2-3-10-12(11)18-7-6-17-10/h2-3,16H,1,4-7H2. The lowest BCUT2D eigenvalue weighted by molar-refractivity contribution is 0.158. The Bertz CT molecular complexity index is 530. The molecule has 0 bridgehead atoms. The highest BCUT2D eigenvalue weighted by Gasteiger charge is 2.44. The Balaban J connectivity index is 2.18. The molecule has 3 rings (SSSR count). The van der Waals surface area contributed by atoms with E-state index >= 15 is 0 Å². The van der Waals surface area contributed by atoms with Crippen LogP contribution in [0.4, 0.5) is 0 Å². The summed E-state index contributed by atoms with van der Waals surface area (Å²) in [6.45, 7) is 0.922. The number of carbonyl (C=O) groups excluding carboxylic acids is 1. The van der Waals surface area contributed by atoms with Crippen LogP contribution in [0.25, 0.3) is 0 Å². The molecule has 1 aliphatic carbocycles. The number of fused-ring (bicyclic) bond motifs is 1. The summed E-state index contributed by atoms with van der Waals surface area (Å²) in [5.41, 5.74) is -0.118. The van der Waals surface area contributed by atoms with Crippen LogP contribution in [0.2, 0.25) is 0 Å². The van der Waals surface area contributed by atoms with Gasteiger partial charge in [0.25, 0.3) is 0 Å². The highest BCUT2D eigenvalue weighted by Crippen LogP contribution is 2.54. The van der Waals surface area contributed by atoms with Crippen molar-refractivity contribution in [3.05, 3.63) is 17.7 Å². The molecule has 1 aliphatic heterocycles. The third-order valence-electron chi connectivity index (χ3n) is 3.59. The van der Waals surface area contributed by atoms with Crippen LogP contribution >= 0.6 is 0 Å². The van der Waals surface area contributed by atoms with E-state index in [1.54, 1.807) is 18.2 Å². The van der Waals surface area contributed by atoms with Gasteiger partial charge in [0.05, 0.1) is 5.56 Å². The number of aliphatic imine (C=N–C) groups is 1. The number of phenolic OH excluding ortho intramolecular Hbond substituents is 1. The second-order valence-electron chi connectivity index (χ2n) is 4.57. The summed E-state index contributed by atoms with van der Waals surface area (Å²) in [5.74, 6) is 1.21. The molecule has 0 saturated heterocycles. The van der Waals surface area contributed by atoms with Gasteiger partial charge in [-0.05, 0) is 31.4 Å². The summed E-state index contributed by atoms with van der Waals surface area (Å²) in [5, 5.41) is 10.1. The normalized spacial score (nSPS) is 19.6. The Morgan fingerprint density at radius 2 is 2.06 bits per heavy atom. The molecule has 1 heterocycles. The smallest absolute Gasteiger partial charge is 0.235 e. The van der Waals surface area contributed by atoms with Gasteiger partial charge in [-0.1, -0.05) is 0 Å². The molecule has 5 nitrogen and oxygen atoms in total. The second kappa shape index (κ2) is 4.03. The molecule has 0 amide bonds. The van der Waals surface area contributed by atoms with Gasteiger partial charge in [0, 0.05) is 0 Å². The largest absolute Gasteiger partial charge is 0.507 e. The molecule has 2 aliphatic rings. The van der Waals surface area contributed by atoms with Crippen molar-refractivity contribution in [3.63, 3.8) is 0 Å². The van der Waals surface area contributed by atoms with Crippen LogP contribution in [0.3, 0.4) is 0 Å². The molecule has 0 spiro atoms. The molecule has 94 valence electrons. The first-order valence-electron chi connectivity index (χ1n) is 5.98. The minimum Gasteiger partial charge on any atom is -0.507 e. The first-order valence-corrected chi connectivity index (χ1v) is 5.98. The van der Waals surface area contributed by atoms with Gasteiger partial charge in [-0.25, -0.2) is 4.79 Å². The van der Waals surface area contributed by atoms with Crippen molar-refractivity contribution in [3.8, 4) is 17.2 Å². The summed E-state index contributed by atoms with van der Waals surface area (Å²) in [6.07, 6.45) is 4.01. The maximum atomic E-state index is 10.6. The monoisotopic (exact) mass is 247 g/mol. The van der Waals surface area contributed by atoms with Crippen LogP contribution in [0.1, 0.15) is 24.8 Å². The third kappa shape index (κ3) is 1.48. The minimum atomic E-state index is -0.683. The molecule has 1 aromatic rings. The zero-order chi connectivity index (χ0) is 12.6. The summed E-state index contributed by atoms with van der Waals surface area (Å²) in [7, 11) is 0. The summed E-state index contributed by atoms with van der Waals surface area (Å²) in [4.78, 5) is 14.5. The minimum absolute atomic E-state index is 0.0953. The Morgan fingerprint density at radius 1 is 1.28 bits per heavy atom. The van der Waals surface area contributed by atoms with Crippen molar-refractivity contribution >= 4 is 6.08 Å². The summed E-state index contributed by atoms with van der Waals surface area (Å²) >= 11 is 0. The average Bonchev–Trinajstić information content (AvgIpc) is 2.35. The van der Waals surface area contributed by atoms with Crippen LogP contribution < -0.4 is 9.47 Å². The van der Waals surface area contributed by atoms with E-state index in [4.69, 9.17) is 9.47 Å². The van der Waals surface area contributed by atoms with Gasteiger partial charge in [0.15, 0.2) is 11.5 Å². The lowest BCUT2D eigenvalue weighted by Gasteiger charge is -2.39. The number of isocyanates is 1. The van der Waals surface area contributed by atoms with E-state index in [1.807, 2.05) is 0 Å². The summed E-state index contributed by atoms with van der Waals surface area (Å²) < 4.78 is 11.1. The van der Waals surface area contributed by atoms with Gasteiger partial charge in [-0.3, -0.25) is 0 Å². The Morgan fingerprint density at radius 3 is 2.72 bits per heavy atom. The average molecular weight is 247 g/mol. The number of phenols is 1. The number of aromatic hydroxyl groups is 1. The molecule has 18 heavy (non-hydrogen) atoms. The van der Waals surface area contributed by atoms with E-state index in [0.717, 1.165) is 19.3 Å². The van der Waals surface area contributed by atoms with Crippen molar-refractivity contribution in [1.29, 1.82) is 0 Å². The van der Waals surface area contributed by atoms with Gasteiger partial charge in [0.1, 0.15) is 24.5 Å². The quantitative estimate of drug-likeness (QED) is 0.640. The molecular formula is C13H13NO4. The van der Waals surface area contributed by atoms with Crippen LogP contribution in [0.5, 0.6) is 17.2 Å². The molecule has 1 saturated carbocycles. The van der Waals surface area contributed by atoms with E-state index in [0.29, 0.717) is 30.3 Å². The molecule has 1 fully saturated rings. The number of hydrogen-bond donors (Lipinski definition) is 1. The van der Waals surface area contributed by atoms with E-state index in [9.17, 15) is 9.90 Å². The lowest BCUT2D eigenvalue weighted by Crippen LogP contribution is -2.33. The van der Waals surface area contributed by atoms with Crippen LogP contribution in [0, 0.1) is 0 Å². The number of hydrogen-bond acceptors (Lipinski definition) is 5.